The van der Waals surface area contributed by atoms with Gasteiger partial charge in [0.05, 0.1) is 9.35 Å². The van der Waals surface area contributed by atoms with E-state index in [2.05, 4.69) is 31.9 Å². The molecule has 0 amide bonds. The Morgan fingerprint density at radius 2 is 2.06 bits per heavy atom. The van der Waals surface area contributed by atoms with Gasteiger partial charge in [0.1, 0.15) is 0 Å². The molecule has 1 aromatic heterocycles. The third-order valence-electron chi connectivity index (χ3n) is 2.33. The second kappa shape index (κ2) is 5.22. The Kier molecular flexibility index (Phi) is 4.08. The smallest absolute Gasteiger partial charge is 0.204 e. The molecule has 2 aromatic rings. The molecule has 0 aliphatic carbocycles. The first-order chi connectivity index (χ1) is 8.00. The minimum atomic E-state index is -0.0190. The lowest BCUT2D eigenvalue weighted by atomic mass is 10.1. The molecule has 0 fully saturated rings. The number of hydrogen-bond acceptors (Lipinski definition) is 2. The number of halogens is 3. The van der Waals surface area contributed by atoms with Gasteiger partial charge in [-0.3, -0.25) is 4.79 Å². The molecule has 5 heteroatoms. The minimum Gasteiger partial charge on any atom is -0.288 e. The third-order valence-corrected chi connectivity index (χ3v) is 6.26. The second-order valence-electron chi connectivity index (χ2n) is 3.52. The van der Waals surface area contributed by atoms with Crippen LogP contribution >= 0.6 is 54.8 Å². The van der Waals surface area contributed by atoms with Gasteiger partial charge in [0.2, 0.25) is 5.78 Å². The molecule has 0 atom stereocenters. The van der Waals surface area contributed by atoms with E-state index in [9.17, 15) is 4.79 Å². The van der Waals surface area contributed by atoms with Gasteiger partial charge in [0, 0.05) is 20.4 Å². The first-order valence-corrected chi connectivity index (χ1v) is 7.58. The molecule has 0 aliphatic heterocycles. The average Bonchev–Trinajstić information content (AvgIpc) is 2.63. The van der Waals surface area contributed by atoms with E-state index in [4.69, 9.17) is 11.6 Å². The summed E-state index contributed by atoms with van der Waals surface area (Å²) in [5.74, 6) is -0.0190. The zero-order valence-electron chi connectivity index (χ0n) is 8.76. The van der Waals surface area contributed by atoms with Crippen molar-refractivity contribution in [1.29, 1.82) is 0 Å². The molecule has 0 aliphatic rings. The molecule has 0 bridgehead atoms. The van der Waals surface area contributed by atoms with E-state index >= 15 is 0 Å². The maximum atomic E-state index is 12.2. The van der Waals surface area contributed by atoms with Gasteiger partial charge < -0.3 is 0 Å². The summed E-state index contributed by atoms with van der Waals surface area (Å²) in [4.78, 5) is 12.9. The van der Waals surface area contributed by atoms with Gasteiger partial charge in [-0.1, -0.05) is 23.7 Å². The fourth-order valence-electron chi connectivity index (χ4n) is 1.34. The zero-order valence-corrected chi connectivity index (χ0v) is 13.5. The van der Waals surface area contributed by atoms with E-state index < -0.39 is 0 Å². The maximum Gasteiger partial charge on any atom is 0.204 e. The second-order valence-corrected chi connectivity index (χ2v) is 6.45. The number of thiophene rings is 1. The molecule has 0 saturated carbocycles. The van der Waals surface area contributed by atoms with Crippen molar-refractivity contribution in [2.45, 2.75) is 6.92 Å². The predicted molar refractivity (Wildman–Crippen MR) is 79.3 cm³/mol. The molecular weight excluding hydrogens is 387 g/mol. The van der Waals surface area contributed by atoms with Crippen LogP contribution in [0.2, 0.25) is 5.02 Å². The van der Waals surface area contributed by atoms with Gasteiger partial charge in [0.15, 0.2) is 0 Å². The Balaban J connectivity index is 2.44. The Morgan fingerprint density at radius 1 is 1.35 bits per heavy atom. The Morgan fingerprint density at radius 3 is 2.59 bits per heavy atom. The Bertz CT molecular complexity index is 592. The minimum absolute atomic E-state index is 0.0190. The van der Waals surface area contributed by atoms with Crippen LogP contribution in [0.15, 0.2) is 32.5 Å². The largest absolute Gasteiger partial charge is 0.288 e. The van der Waals surface area contributed by atoms with Gasteiger partial charge in [-0.05, 0) is 50.4 Å². The van der Waals surface area contributed by atoms with Gasteiger partial charge >= 0.3 is 0 Å². The van der Waals surface area contributed by atoms with Crippen LogP contribution < -0.4 is 0 Å². The molecular formula is C12H7Br2ClOS. The van der Waals surface area contributed by atoms with E-state index in [-0.39, 0.29) is 5.78 Å². The van der Waals surface area contributed by atoms with E-state index in [1.54, 1.807) is 12.1 Å². The van der Waals surface area contributed by atoms with Gasteiger partial charge in [-0.25, -0.2) is 0 Å². The summed E-state index contributed by atoms with van der Waals surface area (Å²) < 4.78 is 1.69. The molecule has 2 rings (SSSR count). The van der Waals surface area contributed by atoms with Crippen LogP contribution in [0.25, 0.3) is 0 Å². The van der Waals surface area contributed by atoms with E-state index in [1.165, 1.54) is 11.3 Å². The summed E-state index contributed by atoms with van der Waals surface area (Å²) >= 11 is 14.2. The summed E-state index contributed by atoms with van der Waals surface area (Å²) in [5, 5.41) is 2.50. The lowest BCUT2D eigenvalue weighted by Crippen LogP contribution is -1.99. The topological polar surface area (TPSA) is 17.1 Å². The van der Waals surface area contributed by atoms with Gasteiger partial charge in [-0.15, -0.1) is 11.3 Å². The fourth-order valence-corrected chi connectivity index (χ4v) is 3.64. The number of carbonyl (C=O) groups is 1. The summed E-state index contributed by atoms with van der Waals surface area (Å²) in [5.41, 5.74) is 1.57. The predicted octanol–water partition coefficient (Wildman–Crippen LogP) is 5.47. The van der Waals surface area contributed by atoms with Crippen molar-refractivity contribution in [3.63, 3.8) is 0 Å². The molecule has 0 unspecified atom stereocenters. The normalized spacial score (nSPS) is 10.6. The quantitative estimate of drug-likeness (QED) is 0.618. The summed E-state index contributed by atoms with van der Waals surface area (Å²) in [6.45, 7) is 1.91. The van der Waals surface area contributed by atoms with Crippen molar-refractivity contribution in [3.05, 3.63) is 53.6 Å². The highest BCUT2D eigenvalue weighted by molar-refractivity contribution is 9.13. The molecule has 0 radical (unpaired) electrons. The monoisotopic (exact) mass is 392 g/mol. The summed E-state index contributed by atoms with van der Waals surface area (Å²) in [6, 6.07) is 5.36. The number of benzene rings is 1. The Hall–Kier alpha value is -0.160. The summed E-state index contributed by atoms with van der Waals surface area (Å²) in [7, 11) is 0. The fraction of sp³-hybridized carbons (Fsp3) is 0.0833. The zero-order chi connectivity index (χ0) is 12.6. The standard InChI is InChI=1S/C12H7Br2ClOS/c1-6-2-3-7(4-9(6)15)11(16)12-10(14)8(13)5-17-12/h2-5H,1H3. The van der Waals surface area contributed by atoms with Crippen molar-refractivity contribution in [2.24, 2.45) is 0 Å². The van der Waals surface area contributed by atoms with Crippen LogP contribution in [0, 0.1) is 6.92 Å². The SMILES string of the molecule is Cc1ccc(C(=O)c2scc(Br)c2Br)cc1Cl. The van der Waals surface area contributed by atoms with Crippen LogP contribution in [-0.2, 0) is 0 Å². The van der Waals surface area contributed by atoms with Crippen molar-refractivity contribution in [1.82, 2.24) is 0 Å². The van der Waals surface area contributed by atoms with E-state index in [0.29, 0.717) is 15.5 Å². The molecule has 0 saturated heterocycles. The van der Waals surface area contributed by atoms with Crippen LogP contribution in [0.1, 0.15) is 20.8 Å². The van der Waals surface area contributed by atoms with Crippen molar-refractivity contribution < 1.29 is 4.79 Å². The molecule has 17 heavy (non-hydrogen) atoms. The highest BCUT2D eigenvalue weighted by Crippen LogP contribution is 2.34. The number of hydrogen-bond donors (Lipinski definition) is 0. The molecule has 1 aromatic carbocycles. The highest BCUT2D eigenvalue weighted by Gasteiger charge is 2.17. The molecule has 1 heterocycles. The van der Waals surface area contributed by atoms with Crippen LogP contribution in [0.3, 0.4) is 0 Å². The molecule has 0 N–H and O–H groups in total. The maximum absolute atomic E-state index is 12.2. The third kappa shape index (κ3) is 2.65. The van der Waals surface area contributed by atoms with E-state index in [0.717, 1.165) is 14.5 Å². The Labute approximate surface area is 125 Å². The van der Waals surface area contributed by atoms with Gasteiger partial charge in [-0.2, -0.15) is 0 Å². The van der Waals surface area contributed by atoms with E-state index in [1.807, 2.05) is 18.4 Å². The lowest BCUT2D eigenvalue weighted by molar-refractivity contribution is 0.104. The number of aryl methyl sites for hydroxylation is 1. The number of carbonyl (C=O) groups excluding carboxylic acids is 1. The van der Waals surface area contributed by atoms with Crippen LogP contribution in [0.4, 0.5) is 0 Å². The number of rotatable bonds is 2. The van der Waals surface area contributed by atoms with Crippen LogP contribution in [0.5, 0.6) is 0 Å². The average molecular weight is 395 g/mol. The number of ketones is 1. The first kappa shape index (κ1) is 13.3. The molecule has 0 spiro atoms. The highest BCUT2D eigenvalue weighted by atomic mass is 79.9. The molecule has 1 nitrogen and oxygen atoms in total. The lowest BCUT2D eigenvalue weighted by Gasteiger charge is -2.02. The van der Waals surface area contributed by atoms with Crippen molar-refractivity contribution >= 4 is 60.6 Å². The van der Waals surface area contributed by atoms with Crippen LogP contribution in [-0.4, -0.2) is 5.78 Å². The van der Waals surface area contributed by atoms with Crippen molar-refractivity contribution in [2.75, 3.05) is 0 Å². The summed E-state index contributed by atoms with van der Waals surface area (Å²) in [6.07, 6.45) is 0. The molecule has 88 valence electrons. The van der Waals surface area contributed by atoms with Gasteiger partial charge in [0.25, 0.3) is 0 Å². The first-order valence-electron chi connectivity index (χ1n) is 4.74. The van der Waals surface area contributed by atoms with Crippen molar-refractivity contribution in [3.8, 4) is 0 Å².